The SMILES string of the molecule is CCC[C@@H]1[C@]23CC[C@H]4[C@@]5(C)[C@H](CC[C@@H](C[C@]1(O)O[C@@H]2Cc1ccc(CCOC)cc1)[C@@]53CO)C[C@@]1(CCCCCC2CCCC2)[C@@H]2C[C@](C)(C(=O)O)CC[C@]2(C)CC[C@]41C. The summed E-state index contributed by atoms with van der Waals surface area (Å²) in [6, 6.07) is 9.06. The van der Waals surface area contributed by atoms with Crippen molar-refractivity contribution < 1.29 is 29.6 Å². The maximum atomic E-state index is 13.2. The maximum Gasteiger partial charge on any atom is 0.309 e. The first-order valence-electron chi connectivity index (χ1n) is 25.5. The molecular formula is C54H84O6. The van der Waals surface area contributed by atoms with Gasteiger partial charge in [-0.05, 0) is 159 Å². The highest BCUT2D eigenvalue weighted by atomic mass is 16.6. The predicted octanol–water partition coefficient (Wildman–Crippen LogP) is 12.0. The molecule has 9 rings (SSSR count). The zero-order valence-electron chi connectivity index (χ0n) is 38.8. The Morgan fingerprint density at radius 3 is 2.23 bits per heavy atom. The molecule has 0 radical (unpaired) electrons. The van der Waals surface area contributed by atoms with Gasteiger partial charge in [-0.15, -0.1) is 0 Å². The van der Waals surface area contributed by atoms with Crippen LogP contribution in [0.1, 0.15) is 187 Å². The molecule has 0 aromatic heterocycles. The summed E-state index contributed by atoms with van der Waals surface area (Å²) in [5.41, 5.74) is 1.41. The molecule has 6 heteroatoms. The van der Waals surface area contributed by atoms with Crippen molar-refractivity contribution in [1.82, 2.24) is 0 Å². The van der Waals surface area contributed by atoms with E-state index in [9.17, 15) is 20.1 Å². The second-order valence-electron chi connectivity index (χ2n) is 24.1. The van der Waals surface area contributed by atoms with E-state index in [2.05, 4.69) is 58.9 Å². The third-order valence-corrected chi connectivity index (χ3v) is 22.1. The summed E-state index contributed by atoms with van der Waals surface area (Å²) in [4.78, 5) is 13.2. The number of carbonyl (C=O) groups is 1. The van der Waals surface area contributed by atoms with E-state index >= 15 is 0 Å². The fourth-order valence-corrected chi connectivity index (χ4v) is 19.3. The van der Waals surface area contributed by atoms with Gasteiger partial charge >= 0.3 is 5.97 Å². The van der Waals surface area contributed by atoms with Crippen LogP contribution in [0.15, 0.2) is 24.3 Å². The third-order valence-electron chi connectivity index (χ3n) is 22.1. The van der Waals surface area contributed by atoms with Crippen molar-refractivity contribution in [2.75, 3.05) is 20.3 Å². The summed E-state index contributed by atoms with van der Waals surface area (Å²) >= 11 is 0. The van der Waals surface area contributed by atoms with E-state index in [1.54, 1.807) is 7.11 Å². The number of hydrogen-bond donors (Lipinski definition) is 3. The molecule has 7 aliphatic carbocycles. The monoisotopic (exact) mass is 829 g/mol. The zero-order valence-corrected chi connectivity index (χ0v) is 38.8. The Balaban J connectivity index is 1.13. The number of ether oxygens (including phenoxy) is 2. The van der Waals surface area contributed by atoms with Crippen LogP contribution < -0.4 is 0 Å². The van der Waals surface area contributed by atoms with Crippen molar-refractivity contribution in [2.24, 2.45) is 73.4 Å². The molecule has 14 atom stereocenters. The van der Waals surface area contributed by atoms with Crippen molar-refractivity contribution in [3.05, 3.63) is 35.4 Å². The Labute approximate surface area is 364 Å². The number of rotatable bonds is 15. The lowest BCUT2D eigenvalue weighted by molar-refractivity contribution is -0.360. The number of carboxylic acids is 1. The van der Waals surface area contributed by atoms with Crippen LogP contribution >= 0.6 is 0 Å². The highest BCUT2D eigenvalue weighted by molar-refractivity contribution is 5.74. The van der Waals surface area contributed by atoms with Crippen LogP contribution in [0.2, 0.25) is 0 Å². The Morgan fingerprint density at radius 1 is 0.817 bits per heavy atom. The Hall–Kier alpha value is -1.47. The fourth-order valence-electron chi connectivity index (χ4n) is 19.3. The second kappa shape index (κ2) is 15.6. The first-order chi connectivity index (χ1) is 28.7. The van der Waals surface area contributed by atoms with Gasteiger partial charge < -0.3 is 24.8 Å². The minimum atomic E-state index is -1.16. The van der Waals surface area contributed by atoms with Gasteiger partial charge in [0.15, 0.2) is 5.79 Å². The first kappa shape index (κ1) is 43.8. The van der Waals surface area contributed by atoms with Crippen LogP contribution in [-0.4, -0.2) is 53.5 Å². The molecule has 8 aliphatic rings. The molecular weight excluding hydrogens is 745 g/mol. The lowest BCUT2D eigenvalue weighted by atomic mass is 9.21. The van der Waals surface area contributed by atoms with Crippen LogP contribution in [-0.2, 0) is 27.1 Å². The number of benzene rings is 1. The van der Waals surface area contributed by atoms with Gasteiger partial charge in [-0.1, -0.05) is 110 Å². The van der Waals surface area contributed by atoms with Crippen molar-refractivity contribution in [1.29, 1.82) is 0 Å². The van der Waals surface area contributed by atoms with E-state index in [0.29, 0.717) is 30.8 Å². The molecule has 1 spiro atoms. The van der Waals surface area contributed by atoms with Gasteiger partial charge in [-0.25, -0.2) is 0 Å². The predicted molar refractivity (Wildman–Crippen MR) is 238 cm³/mol. The fraction of sp³-hybridized carbons (Fsp3) is 0.870. The number of carboxylic acid groups (broad SMARTS) is 1. The summed E-state index contributed by atoms with van der Waals surface area (Å²) in [6.07, 6.45) is 26.8. The van der Waals surface area contributed by atoms with Crippen molar-refractivity contribution >= 4 is 5.97 Å². The molecule has 1 heterocycles. The van der Waals surface area contributed by atoms with E-state index in [1.807, 2.05) is 0 Å². The average molecular weight is 829 g/mol. The lowest BCUT2D eigenvalue weighted by Crippen LogP contribution is -2.79. The van der Waals surface area contributed by atoms with Crippen LogP contribution in [0.5, 0.6) is 0 Å². The Kier molecular flexibility index (Phi) is 11.4. The van der Waals surface area contributed by atoms with E-state index in [4.69, 9.17) is 9.47 Å². The molecule has 1 saturated heterocycles. The zero-order chi connectivity index (χ0) is 42.4. The standard InChI is InChI=1S/C54H84O6/c1-7-13-43-52-26-23-42-49(4)30-29-47(2)27-28-48(3,46(56)57)35-44(47)51(49,25-12-8-9-14-37-15-10-11-16-37)33-40-21-22-41(53(52,36-55)50(40,42)5)34-54(43,58)60-45(52)32-39-19-17-38(18-20-39)24-31-59-6/h17-20,37,40-45,55,58H,7-16,21-36H2,1-6H3,(H,56,57)/t40-,41+,42-,43-,44-,45-,47-,48-,49-,50-,51+,52-,53+,54+/m1/s1. The van der Waals surface area contributed by atoms with Gasteiger partial charge in [0, 0.05) is 30.3 Å². The molecule has 0 unspecified atom stereocenters. The van der Waals surface area contributed by atoms with Crippen LogP contribution in [0.3, 0.4) is 0 Å². The number of unbranched alkanes of at least 4 members (excludes halogenated alkanes) is 2. The van der Waals surface area contributed by atoms with E-state index in [1.165, 1.54) is 88.2 Å². The first-order valence-corrected chi connectivity index (χ1v) is 25.5. The molecule has 3 N–H and O–H groups in total. The summed E-state index contributed by atoms with van der Waals surface area (Å²) < 4.78 is 12.6. The number of aliphatic hydroxyl groups excluding tert-OH is 1. The summed E-state index contributed by atoms with van der Waals surface area (Å²) in [5.74, 6) is 0.720. The lowest BCUT2D eigenvalue weighted by Gasteiger charge is -2.82. The summed E-state index contributed by atoms with van der Waals surface area (Å²) in [6.45, 7) is 13.2. The summed E-state index contributed by atoms with van der Waals surface area (Å²) in [7, 11) is 1.76. The second-order valence-corrected chi connectivity index (χ2v) is 24.1. The third kappa shape index (κ3) is 5.99. The van der Waals surface area contributed by atoms with Crippen LogP contribution in [0, 0.1) is 73.4 Å². The Bertz CT molecular complexity index is 1720. The molecule has 60 heavy (non-hydrogen) atoms. The largest absolute Gasteiger partial charge is 0.481 e. The molecule has 1 aromatic rings. The van der Waals surface area contributed by atoms with E-state index in [-0.39, 0.29) is 57.0 Å². The highest BCUT2D eigenvalue weighted by Crippen LogP contribution is 2.88. The number of fused-ring (bicyclic) bond motifs is 5. The van der Waals surface area contributed by atoms with Gasteiger partial charge in [0.25, 0.3) is 0 Å². The smallest absolute Gasteiger partial charge is 0.309 e. The number of aliphatic carboxylic acids is 1. The molecule has 0 amide bonds. The Morgan fingerprint density at radius 2 is 1.53 bits per heavy atom. The van der Waals surface area contributed by atoms with Crippen LogP contribution in [0.4, 0.5) is 0 Å². The quantitative estimate of drug-likeness (QED) is 0.152. The molecule has 6 nitrogen and oxygen atoms in total. The molecule has 7 saturated carbocycles. The van der Waals surface area contributed by atoms with E-state index in [0.717, 1.165) is 76.5 Å². The van der Waals surface area contributed by atoms with E-state index < -0.39 is 17.2 Å². The molecule has 2 bridgehead atoms. The summed E-state index contributed by atoms with van der Waals surface area (Å²) in [5, 5.41) is 36.4. The minimum Gasteiger partial charge on any atom is -0.481 e. The van der Waals surface area contributed by atoms with Gasteiger partial charge in [-0.2, -0.15) is 0 Å². The van der Waals surface area contributed by atoms with Crippen molar-refractivity contribution in [3.8, 4) is 0 Å². The van der Waals surface area contributed by atoms with Crippen molar-refractivity contribution in [3.63, 3.8) is 0 Å². The molecule has 336 valence electrons. The van der Waals surface area contributed by atoms with Crippen molar-refractivity contribution in [2.45, 2.75) is 201 Å². The average Bonchev–Trinajstić information content (AvgIpc) is 3.80. The molecule has 1 aliphatic heterocycles. The van der Waals surface area contributed by atoms with Gasteiger partial charge in [-0.3, -0.25) is 4.79 Å². The molecule has 1 aromatic carbocycles. The topological polar surface area (TPSA) is 96.2 Å². The normalized spacial score (nSPS) is 48.0. The minimum absolute atomic E-state index is 0.00419. The molecule has 8 fully saturated rings. The highest BCUT2D eigenvalue weighted by Gasteiger charge is 2.86. The van der Waals surface area contributed by atoms with Gasteiger partial charge in [0.1, 0.15) is 0 Å². The number of methoxy groups -OCH3 is 1. The van der Waals surface area contributed by atoms with Gasteiger partial charge in [0.05, 0.1) is 24.7 Å². The maximum absolute atomic E-state index is 13.2. The van der Waals surface area contributed by atoms with Crippen LogP contribution in [0.25, 0.3) is 0 Å². The van der Waals surface area contributed by atoms with Gasteiger partial charge in [0.2, 0.25) is 0 Å². The number of aliphatic hydroxyl groups is 2. The number of hydrogen-bond acceptors (Lipinski definition) is 5.